The molecular formula is HMgO2Zr+3. The quantitative estimate of drug-likeness (QED) is 0.420. The molecule has 1 N–H and O–H groups in total. The summed E-state index contributed by atoms with van der Waals surface area (Å²) >= 11 is 0. The molecule has 0 aromatic heterocycles. The van der Waals surface area contributed by atoms with Crippen molar-refractivity contribution < 1.29 is 37.2 Å². The summed E-state index contributed by atoms with van der Waals surface area (Å²) in [6, 6.07) is 0. The zero-order chi connectivity index (χ0) is 0. The molecule has 0 amide bonds. The molecular weight excluding hydrogens is 148 g/mol. The van der Waals surface area contributed by atoms with Crippen molar-refractivity contribution in [3.05, 3.63) is 0 Å². The normalized spacial score (nSPS) is 0. The Hall–Kier alpha value is 1.57. The van der Waals surface area contributed by atoms with Gasteiger partial charge in [-0.1, -0.05) is 0 Å². The van der Waals surface area contributed by atoms with E-state index in [1.54, 1.807) is 0 Å². The molecule has 0 aliphatic carbocycles. The monoisotopic (exact) mass is 147 g/mol. The molecule has 0 spiro atoms. The number of hydrogen-bond acceptors (Lipinski definition) is 1. The van der Waals surface area contributed by atoms with Crippen molar-refractivity contribution in [2.24, 2.45) is 0 Å². The Morgan fingerprint density at radius 3 is 1.00 bits per heavy atom. The van der Waals surface area contributed by atoms with E-state index in [4.69, 9.17) is 0 Å². The molecule has 4 heavy (non-hydrogen) atoms. The fourth-order valence-electron chi connectivity index (χ4n) is 0. The van der Waals surface area contributed by atoms with E-state index in [-0.39, 0.29) is 60.2 Å². The molecule has 0 saturated heterocycles. The Balaban J connectivity index is 0. The summed E-state index contributed by atoms with van der Waals surface area (Å²) in [5, 5.41) is 0. The summed E-state index contributed by atoms with van der Waals surface area (Å²) in [7, 11) is 0. The van der Waals surface area contributed by atoms with Gasteiger partial charge in [0.05, 0.1) is 0 Å². The van der Waals surface area contributed by atoms with Crippen LogP contribution in [0.15, 0.2) is 0 Å². The molecule has 0 aliphatic heterocycles. The summed E-state index contributed by atoms with van der Waals surface area (Å²) in [5.74, 6) is 0. The molecule has 0 rings (SSSR count). The predicted octanol–water partition coefficient (Wildman–Crippen LogP) is -0.679. The topological polar surface area (TPSA) is 58.5 Å². The third-order valence-corrected chi connectivity index (χ3v) is 0. The first-order valence-electron chi connectivity index (χ1n) is 0. The summed E-state index contributed by atoms with van der Waals surface area (Å²) in [5.41, 5.74) is 0. The molecule has 0 heterocycles. The second kappa shape index (κ2) is 23.6. The summed E-state index contributed by atoms with van der Waals surface area (Å²) in [4.78, 5) is 0. The molecule has 0 atom stereocenters. The van der Waals surface area contributed by atoms with Gasteiger partial charge >= 0.3 is 49.3 Å². The molecule has 0 aromatic rings. The summed E-state index contributed by atoms with van der Waals surface area (Å²) < 4.78 is 0. The van der Waals surface area contributed by atoms with Crippen molar-refractivity contribution in [1.29, 1.82) is 0 Å². The first kappa shape index (κ1) is 47.2. The number of rotatable bonds is 0. The van der Waals surface area contributed by atoms with Crippen molar-refractivity contribution in [3.8, 4) is 0 Å². The minimum atomic E-state index is 0. The van der Waals surface area contributed by atoms with Crippen LogP contribution in [0, 0.1) is 0 Å². The molecule has 4 heteroatoms. The van der Waals surface area contributed by atoms with Gasteiger partial charge in [-0.05, 0) is 0 Å². The average Bonchev–Trinajstić information content (AvgIpc) is 0. The van der Waals surface area contributed by atoms with Crippen molar-refractivity contribution >= 4 is 23.1 Å². The standard InChI is InChI=1S/Mg.H2O.O.Zr/h;1H2;;/q+2;;-2;+4/p-1. The molecule has 0 fully saturated rings. The van der Waals surface area contributed by atoms with Gasteiger partial charge in [-0.2, -0.15) is 0 Å². The van der Waals surface area contributed by atoms with Gasteiger partial charge in [-0.25, -0.2) is 0 Å². The molecule has 0 aromatic carbocycles. The van der Waals surface area contributed by atoms with Crippen LogP contribution in [0.4, 0.5) is 0 Å². The van der Waals surface area contributed by atoms with E-state index in [9.17, 15) is 0 Å². The van der Waals surface area contributed by atoms with Crippen molar-refractivity contribution in [2.45, 2.75) is 0 Å². The Kier molecular flexibility index (Phi) is 279. The van der Waals surface area contributed by atoms with Gasteiger partial charge in [-0.15, -0.1) is 0 Å². The zero-order valence-corrected chi connectivity index (χ0v) is 5.93. The van der Waals surface area contributed by atoms with E-state index in [1.165, 1.54) is 0 Å². The molecule has 0 saturated carbocycles. The van der Waals surface area contributed by atoms with Crippen LogP contribution in [0.2, 0.25) is 0 Å². The second-order valence-electron chi connectivity index (χ2n) is 0. The Morgan fingerprint density at radius 2 is 1.00 bits per heavy atom. The van der Waals surface area contributed by atoms with Crippen LogP contribution >= 0.6 is 0 Å². The Morgan fingerprint density at radius 1 is 1.00 bits per heavy atom. The predicted molar refractivity (Wildman–Crippen MR) is 8.38 cm³/mol. The van der Waals surface area contributed by atoms with Crippen LogP contribution in [-0.2, 0) is 31.7 Å². The van der Waals surface area contributed by atoms with Crippen LogP contribution in [0.3, 0.4) is 0 Å². The summed E-state index contributed by atoms with van der Waals surface area (Å²) in [6.45, 7) is 0. The van der Waals surface area contributed by atoms with E-state index < -0.39 is 0 Å². The maximum Gasteiger partial charge on any atom is 4.00 e. The van der Waals surface area contributed by atoms with Crippen LogP contribution < -0.4 is 0 Å². The molecule has 0 bridgehead atoms. The van der Waals surface area contributed by atoms with Crippen LogP contribution in [0.1, 0.15) is 0 Å². The first-order chi connectivity index (χ1) is 0. The van der Waals surface area contributed by atoms with Crippen molar-refractivity contribution in [3.63, 3.8) is 0 Å². The fraction of sp³-hybridized carbons (Fsp3) is 0. The molecule has 16 valence electrons. The van der Waals surface area contributed by atoms with Gasteiger partial charge in [-0.3, -0.25) is 0 Å². The maximum atomic E-state index is 0. The van der Waals surface area contributed by atoms with Crippen LogP contribution in [0.25, 0.3) is 0 Å². The number of hydrogen-bond donors (Lipinski definition) is 0. The van der Waals surface area contributed by atoms with E-state index in [2.05, 4.69) is 0 Å². The van der Waals surface area contributed by atoms with E-state index in [1.807, 2.05) is 0 Å². The van der Waals surface area contributed by atoms with E-state index >= 15 is 0 Å². The SMILES string of the molecule is [Mg+2].[O-2].[OH-].[Zr+4]. The minimum absolute atomic E-state index is 0. The van der Waals surface area contributed by atoms with Gasteiger partial charge < -0.3 is 11.0 Å². The second-order valence-corrected chi connectivity index (χ2v) is 0. The Bertz CT molecular complexity index is 6.00. The maximum absolute atomic E-state index is 0. The third-order valence-electron chi connectivity index (χ3n) is 0. The smallest absolute Gasteiger partial charge is 2.00 e. The van der Waals surface area contributed by atoms with Crippen LogP contribution in [-0.4, -0.2) is 28.5 Å². The van der Waals surface area contributed by atoms with Gasteiger partial charge in [0.2, 0.25) is 0 Å². The van der Waals surface area contributed by atoms with Gasteiger partial charge in [0.25, 0.3) is 0 Å². The molecule has 0 aliphatic rings. The molecule has 0 unspecified atom stereocenters. The van der Waals surface area contributed by atoms with Gasteiger partial charge in [0, 0.05) is 0 Å². The summed E-state index contributed by atoms with van der Waals surface area (Å²) in [6.07, 6.45) is 0. The van der Waals surface area contributed by atoms with Gasteiger partial charge in [0.15, 0.2) is 0 Å². The minimum Gasteiger partial charge on any atom is -2.00 e. The van der Waals surface area contributed by atoms with Crippen molar-refractivity contribution in [2.75, 3.05) is 0 Å². The van der Waals surface area contributed by atoms with E-state index in [0.29, 0.717) is 0 Å². The van der Waals surface area contributed by atoms with E-state index in [0.717, 1.165) is 0 Å². The molecule has 0 radical (unpaired) electrons. The van der Waals surface area contributed by atoms with Crippen LogP contribution in [0.5, 0.6) is 0 Å². The van der Waals surface area contributed by atoms with Gasteiger partial charge in [0.1, 0.15) is 0 Å². The first-order valence-corrected chi connectivity index (χ1v) is 0. The third kappa shape index (κ3) is 9.57. The largest absolute Gasteiger partial charge is 4.00 e. The van der Waals surface area contributed by atoms with Crippen molar-refractivity contribution in [1.82, 2.24) is 0 Å². The average molecular weight is 149 g/mol. The Labute approximate surface area is 59.8 Å². The molecule has 2 nitrogen and oxygen atoms in total. The fourth-order valence-corrected chi connectivity index (χ4v) is 0. The zero-order valence-electron chi connectivity index (χ0n) is 2.06.